The van der Waals surface area contributed by atoms with Crippen molar-refractivity contribution in [1.29, 1.82) is 0 Å². The molecule has 0 aromatic carbocycles. The average Bonchev–Trinajstić information content (AvgIpc) is 2.87. The Hall–Kier alpha value is -1.77. The number of hydrogen-bond donors (Lipinski definition) is 4. The van der Waals surface area contributed by atoms with Crippen LogP contribution in [-0.2, 0) is 6.54 Å². The van der Waals surface area contributed by atoms with Crippen LogP contribution < -0.4 is 11.1 Å². The van der Waals surface area contributed by atoms with Gasteiger partial charge in [0.25, 0.3) is 0 Å². The quantitative estimate of drug-likeness (QED) is 0.588. The molecule has 1 aliphatic rings. The van der Waals surface area contributed by atoms with Gasteiger partial charge in [0.2, 0.25) is 0 Å². The van der Waals surface area contributed by atoms with Crippen LogP contribution in [0.4, 0.5) is 5.82 Å². The summed E-state index contributed by atoms with van der Waals surface area (Å²) in [5.41, 5.74) is 5.65. The molecule has 0 amide bonds. The van der Waals surface area contributed by atoms with Gasteiger partial charge in [0.05, 0.1) is 19.0 Å². The molecule has 3 rings (SSSR count). The van der Waals surface area contributed by atoms with Crippen LogP contribution in [0.1, 0.15) is 19.3 Å². The standard InChI is InChI=1S/C13H20N6O2/c1-15-8-2-3-13(21,9(20)4-8)5-19-7-18-10-11(14)16-6-17-12(10)19/h6-9,15,20-21H,2-5H2,1H3,(H2,14,16,17)/t8-,9+,13+/m0/s1. The van der Waals surface area contributed by atoms with E-state index in [0.29, 0.717) is 29.8 Å². The second-order valence-electron chi connectivity index (χ2n) is 5.68. The van der Waals surface area contributed by atoms with Crippen molar-refractivity contribution in [2.24, 2.45) is 0 Å². The zero-order valence-corrected chi connectivity index (χ0v) is 11.9. The van der Waals surface area contributed by atoms with E-state index in [-0.39, 0.29) is 12.6 Å². The molecule has 2 aromatic rings. The molecule has 3 atom stereocenters. The van der Waals surface area contributed by atoms with Crippen molar-refractivity contribution >= 4 is 17.0 Å². The molecule has 8 heteroatoms. The van der Waals surface area contributed by atoms with Crippen LogP contribution in [0.15, 0.2) is 12.7 Å². The van der Waals surface area contributed by atoms with Gasteiger partial charge in [-0.25, -0.2) is 15.0 Å². The van der Waals surface area contributed by atoms with Crippen molar-refractivity contribution in [2.75, 3.05) is 12.8 Å². The van der Waals surface area contributed by atoms with Crippen LogP contribution in [0.25, 0.3) is 11.2 Å². The minimum atomic E-state index is -1.18. The minimum absolute atomic E-state index is 0.234. The lowest BCUT2D eigenvalue weighted by atomic mass is 9.79. The van der Waals surface area contributed by atoms with E-state index in [1.165, 1.54) is 6.33 Å². The number of nitrogens with two attached hydrogens (primary N) is 1. The van der Waals surface area contributed by atoms with Crippen molar-refractivity contribution in [1.82, 2.24) is 24.8 Å². The molecule has 1 saturated carbocycles. The van der Waals surface area contributed by atoms with Gasteiger partial charge >= 0.3 is 0 Å². The Bertz CT molecular complexity index is 645. The lowest BCUT2D eigenvalue weighted by Crippen LogP contribution is -2.53. The SMILES string of the molecule is CN[C@H]1CC[C@@](O)(Cn2cnc3c(N)ncnc32)[C@H](O)C1. The summed E-state index contributed by atoms with van der Waals surface area (Å²) in [4.78, 5) is 12.2. The predicted octanol–water partition coefficient (Wildman–Crippen LogP) is -0.728. The summed E-state index contributed by atoms with van der Waals surface area (Å²) < 4.78 is 1.72. The van der Waals surface area contributed by atoms with Crippen LogP contribution >= 0.6 is 0 Å². The van der Waals surface area contributed by atoms with Crippen LogP contribution in [0, 0.1) is 0 Å². The van der Waals surface area contributed by atoms with Crippen LogP contribution in [0.3, 0.4) is 0 Å². The molecule has 0 bridgehead atoms. The fourth-order valence-corrected chi connectivity index (χ4v) is 2.95. The summed E-state index contributed by atoms with van der Waals surface area (Å²) in [5.74, 6) is 0.310. The fraction of sp³-hybridized carbons (Fsp3) is 0.615. The third-order valence-corrected chi connectivity index (χ3v) is 4.34. The second kappa shape index (κ2) is 5.21. The van der Waals surface area contributed by atoms with E-state index >= 15 is 0 Å². The molecule has 0 saturated heterocycles. The summed E-state index contributed by atoms with van der Waals surface area (Å²) in [6, 6.07) is 0.234. The topological polar surface area (TPSA) is 122 Å². The number of nitrogens with one attached hydrogen (secondary N) is 1. The number of hydrogen-bond acceptors (Lipinski definition) is 7. The third kappa shape index (κ3) is 2.45. The first-order valence-electron chi connectivity index (χ1n) is 7.02. The number of nitrogen functional groups attached to an aromatic ring is 1. The van der Waals surface area contributed by atoms with Gasteiger partial charge in [-0.05, 0) is 26.3 Å². The predicted molar refractivity (Wildman–Crippen MR) is 77.4 cm³/mol. The summed E-state index contributed by atoms with van der Waals surface area (Å²) in [6.07, 6.45) is 4.00. The molecule has 114 valence electrons. The van der Waals surface area contributed by atoms with E-state index in [0.717, 1.165) is 6.42 Å². The van der Waals surface area contributed by atoms with Crippen molar-refractivity contribution in [3.8, 4) is 0 Å². The molecule has 1 aliphatic carbocycles. The van der Waals surface area contributed by atoms with E-state index in [1.54, 1.807) is 10.9 Å². The van der Waals surface area contributed by atoms with E-state index in [2.05, 4.69) is 20.3 Å². The molecule has 2 heterocycles. The number of nitrogens with zero attached hydrogens (tertiary/aromatic N) is 4. The second-order valence-corrected chi connectivity index (χ2v) is 5.68. The molecular formula is C13H20N6O2. The van der Waals surface area contributed by atoms with E-state index < -0.39 is 11.7 Å². The Balaban J connectivity index is 1.86. The fourth-order valence-electron chi connectivity index (χ4n) is 2.95. The van der Waals surface area contributed by atoms with Crippen molar-refractivity contribution < 1.29 is 10.2 Å². The number of aromatic nitrogens is 4. The summed E-state index contributed by atoms with van der Waals surface area (Å²) in [6.45, 7) is 0.234. The zero-order chi connectivity index (χ0) is 15.0. The van der Waals surface area contributed by atoms with Crippen LogP contribution in [-0.4, -0.2) is 54.5 Å². The minimum Gasteiger partial charge on any atom is -0.390 e. The highest BCUT2D eigenvalue weighted by atomic mass is 16.3. The van der Waals surface area contributed by atoms with Gasteiger partial charge in [0.1, 0.15) is 17.4 Å². The molecule has 0 spiro atoms. The van der Waals surface area contributed by atoms with E-state index in [1.807, 2.05) is 7.05 Å². The Morgan fingerprint density at radius 2 is 2.29 bits per heavy atom. The monoisotopic (exact) mass is 292 g/mol. The van der Waals surface area contributed by atoms with E-state index in [4.69, 9.17) is 5.73 Å². The molecule has 5 N–H and O–H groups in total. The van der Waals surface area contributed by atoms with Gasteiger partial charge in [-0.2, -0.15) is 0 Å². The summed E-state index contributed by atoms with van der Waals surface area (Å²) >= 11 is 0. The average molecular weight is 292 g/mol. The van der Waals surface area contributed by atoms with Gasteiger partial charge in [-0.15, -0.1) is 0 Å². The number of fused-ring (bicyclic) bond motifs is 1. The van der Waals surface area contributed by atoms with Crippen molar-refractivity contribution in [2.45, 2.75) is 43.6 Å². The Morgan fingerprint density at radius 1 is 1.48 bits per heavy atom. The zero-order valence-electron chi connectivity index (χ0n) is 11.9. The van der Waals surface area contributed by atoms with Crippen molar-refractivity contribution in [3.63, 3.8) is 0 Å². The third-order valence-electron chi connectivity index (χ3n) is 4.34. The highest BCUT2D eigenvalue weighted by molar-refractivity contribution is 5.81. The molecule has 0 aliphatic heterocycles. The maximum Gasteiger partial charge on any atom is 0.165 e. The number of rotatable bonds is 3. The maximum absolute atomic E-state index is 10.8. The molecule has 2 aromatic heterocycles. The summed E-state index contributed by atoms with van der Waals surface area (Å²) in [5, 5.41) is 24.2. The van der Waals surface area contributed by atoms with Crippen LogP contribution in [0.5, 0.6) is 0 Å². The lowest BCUT2D eigenvalue weighted by molar-refractivity contribution is -0.114. The normalized spacial score (nSPS) is 29.9. The largest absolute Gasteiger partial charge is 0.390 e. The lowest BCUT2D eigenvalue weighted by Gasteiger charge is -2.40. The van der Waals surface area contributed by atoms with Gasteiger partial charge in [-0.1, -0.05) is 0 Å². The molecule has 0 unspecified atom stereocenters. The molecule has 0 radical (unpaired) electrons. The van der Waals surface area contributed by atoms with Gasteiger partial charge < -0.3 is 25.8 Å². The van der Waals surface area contributed by atoms with Crippen molar-refractivity contribution in [3.05, 3.63) is 12.7 Å². The molecule has 8 nitrogen and oxygen atoms in total. The Labute approximate surface area is 122 Å². The molecule has 21 heavy (non-hydrogen) atoms. The van der Waals surface area contributed by atoms with Gasteiger partial charge in [0, 0.05) is 6.04 Å². The van der Waals surface area contributed by atoms with Gasteiger partial charge in [-0.3, -0.25) is 0 Å². The Morgan fingerprint density at radius 3 is 3.00 bits per heavy atom. The Kier molecular flexibility index (Phi) is 3.52. The van der Waals surface area contributed by atoms with E-state index in [9.17, 15) is 10.2 Å². The number of anilines is 1. The highest BCUT2D eigenvalue weighted by Crippen LogP contribution is 2.31. The highest BCUT2D eigenvalue weighted by Gasteiger charge is 2.41. The maximum atomic E-state index is 10.8. The number of imidazole rings is 1. The number of aliphatic hydroxyl groups is 2. The first-order valence-corrected chi connectivity index (χ1v) is 7.02. The van der Waals surface area contributed by atoms with Gasteiger partial charge in [0.15, 0.2) is 11.5 Å². The first kappa shape index (κ1) is 14.2. The first-order chi connectivity index (χ1) is 10.0. The summed E-state index contributed by atoms with van der Waals surface area (Å²) in [7, 11) is 1.87. The number of aliphatic hydroxyl groups excluding tert-OH is 1. The smallest absolute Gasteiger partial charge is 0.165 e. The molecule has 1 fully saturated rings. The molecular weight excluding hydrogens is 272 g/mol. The van der Waals surface area contributed by atoms with Crippen LogP contribution in [0.2, 0.25) is 0 Å².